The van der Waals surface area contributed by atoms with Gasteiger partial charge in [-0.05, 0) is 31.7 Å². The van der Waals surface area contributed by atoms with Crippen LogP contribution in [0.4, 0.5) is 0 Å². The van der Waals surface area contributed by atoms with Crippen molar-refractivity contribution in [1.82, 2.24) is 10.2 Å². The molecule has 1 N–H and O–H groups in total. The predicted octanol–water partition coefficient (Wildman–Crippen LogP) is 3.09. The molecule has 0 aliphatic carbocycles. The summed E-state index contributed by atoms with van der Waals surface area (Å²) in [5, 5.41) is 3.58. The Hall–Kier alpha value is 0.500. The molecule has 0 aromatic heterocycles. The first-order valence-electron chi connectivity index (χ1n) is 6.76. The van der Waals surface area contributed by atoms with Crippen LogP contribution in [0.3, 0.4) is 0 Å². The number of hydrogen-bond acceptors (Lipinski definition) is 2. The second kappa shape index (κ2) is 7.83. The highest BCUT2D eigenvalue weighted by atomic mass is 35.5. The zero-order chi connectivity index (χ0) is 10.7. The van der Waals surface area contributed by atoms with Crippen LogP contribution in [-0.4, -0.2) is 36.6 Å². The lowest BCUT2D eigenvalue weighted by molar-refractivity contribution is -0.0426. The molecule has 2 rings (SSSR count). The summed E-state index contributed by atoms with van der Waals surface area (Å²) in [6, 6.07) is 0. The summed E-state index contributed by atoms with van der Waals surface area (Å²) in [6.07, 6.45) is 6.92. The van der Waals surface area contributed by atoms with Crippen LogP contribution in [0.15, 0.2) is 0 Å². The van der Waals surface area contributed by atoms with E-state index in [9.17, 15) is 0 Å². The average Bonchev–Trinajstić information content (AvgIpc) is 2.30. The normalized spacial score (nSPS) is 28.4. The van der Waals surface area contributed by atoms with Crippen LogP contribution in [0.1, 0.15) is 46.0 Å². The lowest BCUT2D eigenvalue weighted by Crippen LogP contribution is -2.67. The van der Waals surface area contributed by atoms with Gasteiger partial charge in [-0.15, -0.1) is 24.8 Å². The molecule has 4 heteroatoms. The quantitative estimate of drug-likeness (QED) is 0.853. The minimum absolute atomic E-state index is 0. The van der Waals surface area contributed by atoms with Crippen LogP contribution in [0.2, 0.25) is 0 Å². The number of likely N-dealkylation sites (tertiary alicyclic amines) is 1. The molecule has 2 heterocycles. The lowest BCUT2D eigenvalue weighted by atomic mass is 9.77. The summed E-state index contributed by atoms with van der Waals surface area (Å²) in [5.41, 5.74) is 0.570. The topological polar surface area (TPSA) is 15.3 Å². The maximum Gasteiger partial charge on any atom is 0.0346 e. The molecule has 1 unspecified atom stereocenters. The lowest BCUT2D eigenvalue weighted by Gasteiger charge is -2.56. The van der Waals surface area contributed by atoms with Gasteiger partial charge in [0.05, 0.1) is 0 Å². The van der Waals surface area contributed by atoms with Gasteiger partial charge in [0, 0.05) is 25.2 Å². The monoisotopic (exact) mass is 282 g/mol. The van der Waals surface area contributed by atoms with E-state index < -0.39 is 0 Å². The van der Waals surface area contributed by atoms with Crippen LogP contribution in [0.5, 0.6) is 0 Å². The van der Waals surface area contributed by atoms with Crippen LogP contribution in [0, 0.1) is 5.92 Å². The number of hydrogen-bond donors (Lipinski definition) is 1. The third-order valence-electron chi connectivity index (χ3n) is 4.60. The first-order chi connectivity index (χ1) is 7.30. The molecule has 0 radical (unpaired) electrons. The predicted molar refractivity (Wildman–Crippen MR) is 79.6 cm³/mol. The van der Waals surface area contributed by atoms with Crippen molar-refractivity contribution in [3.8, 4) is 0 Å². The maximum absolute atomic E-state index is 3.58. The van der Waals surface area contributed by atoms with Gasteiger partial charge >= 0.3 is 0 Å². The van der Waals surface area contributed by atoms with Crippen LogP contribution >= 0.6 is 24.8 Å². The van der Waals surface area contributed by atoms with E-state index in [2.05, 4.69) is 24.1 Å². The van der Waals surface area contributed by atoms with Gasteiger partial charge in [0.15, 0.2) is 0 Å². The third-order valence-corrected chi connectivity index (χ3v) is 4.60. The van der Waals surface area contributed by atoms with Crippen molar-refractivity contribution in [2.45, 2.75) is 51.5 Å². The number of rotatable bonds is 4. The first-order valence-corrected chi connectivity index (χ1v) is 6.76. The van der Waals surface area contributed by atoms with Crippen molar-refractivity contribution in [2.75, 3.05) is 26.2 Å². The Bertz CT molecular complexity index is 202. The van der Waals surface area contributed by atoms with Gasteiger partial charge < -0.3 is 5.32 Å². The fraction of sp³-hybridized carbons (Fsp3) is 1.00. The Morgan fingerprint density at radius 2 is 1.88 bits per heavy atom. The minimum atomic E-state index is 0. The van der Waals surface area contributed by atoms with E-state index in [-0.39, 0.29) is 24.8 Å². The maximum atomic E-state index is 3.58. The molecular weight excluding hydrogens is 255 g/mol. The van der Waals surface area contributed by atoms with Gasteiger partial charge in [-0.1, -0.05) is 26.7 Å². The standard InChI is InChI=1S/C13H26N2.2ClH/c1-3-12(4-2)10-15-9-7-13(15)6-5-8-14-11-13;;/h12,14H,3-11H2,1-2H3;2*1H. The molecule has 0 saturated carbocycles. The molecule has 2 saturated heterocycles. The highest BCUT2D eigenvalue weighted by Gasteiger charge is 2.45. The number of piperidine rings is 1. The van der Waals surface area contributed by atoms with Crippen molar-refractivity contribution in [2.24, 2.45) is 5.92 Å². The smallest absolute Gasteiger partial charge is 0.0346 e. The van der Waals surface area contributed by atoms with E-state index in [1.807, 2.05) is 0 Å². The summed E-state index contributed by atoms with van der Waals surface area (Å²) in [7, 11) is 0. The Labute approximate surface area is 119 Å². The molecule has 2 aliphatic rings. The molecule has 0 amide bonds. The molecule has 0 aromatic rings. The molecule has 2 fully saturated rings. The minimum Gasteiger partial charge on any atom is -0.315 e. The molecule has 1 atom stereocenters. The summed E-state index contributed by atoms with van der Waals surface area (Å²) < 4.78 is 0. The molecule has 17 heavy (non-hydrogen) atoms. The molecular formula is C13H28Cl2N2. The van der Waals surface area contributed by atoms with Crippen molar-refractivity contribution >= 4 is 24.8 Å². The molecule has 1 spiro atoms. The largest absolute Gasteiger partial charge is 0.315 e. The van der Waals surface area contributed by atoms with E-state index in [1.165, 1.54) is 58.3 Å². The Morgan fingerprint density at radius 1 is 1.18 bits per heavy atom. The first kappa shape index (κ1) is 17.5. The van der Waals surface area contributed by atoms with Gasteiger partial charge in [-0.25, -0.2) is 0 Å². The Morgan fingerprint density at radius 3 is 2.29 bits per heavy atom. The van der Waals surface area contributed by atoms with Crippen molar-refractivity contribution in [3.63, 3.8) is 0 Å². The van der Waals surface area contributed by atoms with Gasteiger partial charge in [0.1, 0.15) is 0 Å². The molecule has 2 nitrogen and oxygen atoms in total. The second-order valence-electron chi connectivity index (χ2n) is 5.38. The van der Waals surface area contributed by atoms with Crippen LogP contribution < -0.4 is 5.32 Å². The van der Waals surface area contributed by atoms with Crippen molar-refractivity contribution < 1.29 is 0 Å². The van der Waals surface area contributed by atoms with E-state index in [0.717, 1.165) is 5.92 Å². The molecule has 104 valence electrons. The summed E-state index contributed by atoms with van der Waals surface area (Å²) >= 11 is 0. The fourth-order valence-electron chi connectivity index (χ4n) is 3.16. The van der Waals surface area contributed by atoms with Gasteiger partial charge in [-0.2, -0.15) is 0 Å². The Balaban J connectivity index is 0.00000128. The fourth-order valence-corrected chi connectivity index (χ4v) is 3.16. The van der Waals surface area contributed by atoms with Gasteiger partial charge in [0.25, 0.3) is 0 Å². The Kier molecular flexibility index (Phi) is 8.06. The van der Waals surface area contributed by atoms with E-state index in [1.54, 1.807) is 0 Å². The van der Waals surface area contributed by atoms with E-state index in [4.69, 9.17) is 0 Å². The van der Waals surface area contributed by atoms with E-state index in [0.29, 0.717) is 5.54 Å². The van der Waals surface area contributed by atoms with Crippen LogP contribution in [-0.2, 0) is 0 Å². The van der Waals surface area contributed by atoms with Crippen LogP contribution in [0.25, 0.3) is 0 Å². The zero-order valence-electron chi connectivity index (χ0n) is 11.2. The van der Waals surface area contributed by atoms with Crippen molar-refractivity contribution in [1.29, 1.82) is 0 Å². The van der Waals surface area contributed by atoms with E-state index >= 15 is 0 Å². The van der Waals surface area contributed by atoms with Gasteiger partial charge in [0.2, 0.25) is 0 Å². The number of nitrogens with one attached hydrogen (secondary N) is 1. The summed E-state index contributed by atoms with van der Waals surface area (Å²) in [6.45, 7) is 9.83. The summed E-state index contributed by atoms with van der Waals surface area (Å²) in [5.74, 6) is 0.920. The SMILES string of the molecule is CCC(CC)CN1CCC12CCCNC2.Cl.Cl. The summed E-state index contributed by atoms with van der Waals surface area (Å²) in [4.78, 5) is 2.76. The highest BCUT2D eigenvalue weighted by Crippen LogP contribution is 2.37. The number of nitrogens with zero attached hydrogens (tertiary/aromatic N) is 1. The van der Waals surface area contributed by atoms with Crippen molar-refractivity contribution in [3.05, 3.63) is 0 Å². The zero-order valence-corrected chi connectivity index (χ0v) is 12.8. The second-order valence-corrected chi connectivity index (χ2v) is 5.38. The average molecular weight is 283 g/mol. The molecule has 2 aliphatic heterocycles. The molecule has 0 aromatic carbocycles. The highest BCUT2D eigenvalue weighted by molar-refractivity contribution is 5.85. The molecule has 0 bridgehead atoms. The number of halogens is 2. The van der Waals surface area contributed by atoms with Gasteiger partial charge in [-0.3, -0.25) is 4.90 Å². The third kappa shape index (κ3) is 3.73.